The predicted octanol–water partition coefficient (Wildman–Crippen LogP) is 3.18. The van der Waals surface area contributed by atoms with Gasteiger partial charge in [-0.3, -0.25) is 0 Å². The van der Waals surface area contributed by atoms with Crippen LogP contribution in [-0.4, -0.2) is 38.4 Å². The lowest BCUT2D eigenvalue weighted by Gasteiger charge is -2.31. The highest BCUT2D eigenvalue weighted by molar-refractivity contribution is 6.50. The van der Waals surface area contributed by atoms with Crippen molar-refractivity contribution in [1.29, 1.82) is 0 Å². The van der Waals surface area contributed by atoms with E-state index in [2.05, 4.69) is 27.8 Å². The quantitative estimate of drug-likeness (QED) is 0.385. The summed E-state index contributed by atoms with van der Waals surface area (Å²) < 4.78 is 40.2. The number of quaternary nitrogens is 1. The van der Waals surface area contributed by atoms with E-state index >= 15 is 0 Å². The molecule has 0 aromatic heterocycles. The highest BCUT2D eigenvalue weighted by Crippen LogP contribution is 2.06. The molecule has 6 heteroatoms. The molecule has 0 fully saturated rings. The van der Waals surface area contributed by atoms with Crippen LogP contribution in [0.2, 0.25) is 0 Å². The van der Waals surface area contributed by atoms with E-state index in [1.165, 1.54) is 30.5 Å². The molecule has 0 aliphatic carbocycles. The van der Waals surface area contributed by atoms with Gasteiger partial charge in [0.15, 0.2) is 0 Å². The first-order valence-electron chi connectivity index (χ1n) is 4.89. The fraction of sp³-hybridized carbons (Fsp3) is 1.00. The third-order valence-electron chi connectivity index (χ3n) is 2.29. The molecule has 0 rings (SSSR count). The Bertz CT molecular complexity index is 128. The molecule has 0 amide bonds. The van der Waals surface area contributed by atoms with Crippen LogP contribution in [0.25, 0.3) is 0 Å². The smallest absolute Gasteiger partial charge is 0.418 e. The van der Waals surface area contributed by atoms with Gasteiger partial charge in [0.05, 0.1) is 26.7 Å². The van der Waals surface area contributed by atoms with Crippen molar-refractivity contribution < 1.29 is 21.7 Å². The van der Waals surface area contributed by atoms with E-state index in [1.807, 2.05) is 0 Å². The van der Waals surface area contributed by atoms with Crippen LogP contribution in [-0.2, 0) is 0 Å². The van der Waals surface area contributed by atoms with Crippen LogP contribution in [0.1, 0.15) is 27.2 Å². The van der Waals surface area contributed by atoms with Gasteiger partial charge in [0.2, 0.25) is 0 Å². The molecular formula is C8H20BF4N. The summed E-state index contributed by atoms with van der Waals surface area (Å²) in [5, 5.41) is 0. The molecule has 0 N–H and O–H groups in total. The van der Waals surface area contributed by atoms with E-state index in [0.29, 0.717) is 0 Å². The fourth-order valence-electron chi connectivity index (χ4n) is 1.08. The zero-order valence-corrected chi connectivity index (χ0v) is 9.36. The maximum Gasteiger partial charge on any atom is 0.673 e. The second kappa shape index (κ2) is 7.09. The van der Waals surface area contributed by atoms with E-state index in [1.54, 1.807) is 0 Å². The Balaban J connectivity index is 0. The van der Waals surface area contributed by atoms with Gasteiger partial charge in [0, 0.05) is 0 Å². The molecule has 88 valence electrons. The summed E-state index contributed by atoms with van der Waals surface area (Å²) in [6.07, 6.45) is 1.30. The summed E-state index contributed by atoms with van der Waals surface area (Å²) in [7, 11) is -3.68. The summed E-state index contributed by atoms with van der Waals surface area (Å²) in [5.41, 5.74) is 0. The molecule has 0 atom stereocenters. The van der Waals surface area contributed by atoms with Crippen molar-refractivity contribution in [3.63, 3.8) is 0 Å². The average Bonchev–Trinajstić information content (AvgIpc) is 2.02. The van der Waals surface area contributed by atoms with Crippen molar-refractivity contribution in [2.45, 2.75) is 27.2 Å². The van der Waals surface area contributed by atoms with E-state index in [-0.39, 0.29) is 0 Å². The molecule has 0 aromatic rings. The van der Waals surface area contributed by atoms with Crippen LogP contribution < -0.4 is 0 Å². The largest absolute Gasteiger partial charge is 0.673 e. The van der Waals surface area contributed by atoms with Gasteiger partial charge in [-0.25, -0.2) is 0 Å². The topological polar surface area (TPSA) is 0 Å². The van der Waals surface area contributed by atoms with Crippen molar-refractivity contribution in [3.8, 4) is 0 Å². The van der Waals surface area contributed by atoms with Crippen LogP contribution in [0.4, 0.5) is 17.3 Å². The standard InChI is InChI=1S/C8H20N.BF4/c1-5-8-9(4,6-2)7-3;2-1(3,4)5/h5-8H2,1-4H3;/q+1;-1. The third-order valence-corrected chi connectivity index (χ3v) is 2.29. The maximum absolute atomic E-state index is 9.75. The number of rotatable bonds is 4. The van der Waals surface area contributed by atoms with Crippen LogP contribution >= 0.6 is 0 Å². The van der Waals surface area contributed by atoms with Gasteiger partial charge >= 0.3 is 7.25 Å². The molecule has 0 aliphatic rings. The third kappa shape index (κ3) is 14.3. The minimum absolute atomic E-state index is 1.23. The summed E-state index contributed by atoms with van der Waals surface area (Å²) in [6.45, 7) is 10.6. The first-order chi connectivity index (χ1) is 6.18. The molecule has 0 aliphatic heterocycles. The van der Waals surface area contributed by atoms with Crippen molar-refractivity contribution in [2.75, 3.05) is 26.7 Å². The Kier molecular flexibility index (Phi) is 8.20. The SMILES string of the molecule is CCC[N+](C)(CC)CC.F[B-](F)(F)F. The van der Waals surface area contributed by atoms with Gasteiger partial charge in [0.25, 0.3) is 0 Å². The molecule has 0 unspecified atom stereocenters. The van der Waals surface area contributed by atoms with Gasteiger partial charge < -0.3 is 21.7 Å². The van der Waals surface area contributed by atoms with Gasteiger partial charge in [-0.1, -0.05) is 6.92 Å². The molecule has 0 spiro atoms. The van der Waals surface area contributed by atoms with E-state index in [9.17, 15) is 17.3 Å². The van der Waals surface area contributed by atoms with E-state index in [4.69, 9.17) is 0 Å². The molecule has 0 saturated carbocycles. The van der Waals surface area contributed by atoms with Crippen LogP contribution in [0, 0.1) is 0 Å². The predicted molar refractivity (Wildman–Crippen MR) is 52.6 cm³/mol. The van der Waals surface area contributed by atoms with Crippen molar-refractivity contribution in [1.82, 2.24) is 0 Å². The lowest BCUT2D eigenvalue weighted by atomic mass is 10.3. The number of hydrogen-bond donors (Lipinski definition) is 0. The Morgan fingerprint density at radius 1 is 0.929 bits per heavy atom. The fourth-order valence-corrected chi connectivity index (χ4v) is 1.08. The van der Waals surface area contributed by atoms with Gasteiger partial charge in [-0.2, -0.15) is 0 Å². The van der Waals surface area contributed by atoms with Crippen LogP contribution in [0.5, 0.6) is 0 Å². The monoisotopic (exact) mass is 217 g/mol. The Morgan fingerprint density at radius 3 is 1.29 bits per heavy atom. The molecule has 0 saturated heterocycles. The van der Waals surface area contributed by atoms with Crippen LogP contribution in [0.3, 0.4) is 0 Å². The van der Waals surface area contributed by atoms with Gasteiger partial charge in [-0.05, 0) is 20.3 Å². The normalized spacial score (nSPS) is 12.0. The molecule has 0 radical (unpaired) electrons. The number of nitrogens with zero attached hydrogens (tertiary/aromatic N) is 1. The summed E-state index contributed by atoms with van der Waals surface area (Å²) in [6, 6.07) is 0. The molecule has 0 bridgehead atoms. The number of halogens is 4. The Labute approximate surface area is 83.8 Å². The minimum atomic E-state index is -6.00. The second-order valence-electron chi connectivity index (χ2n) is 3.47. The summed E-state index contributed by atoms with van der Waals surface area (Å²) in [5.74, 6) is 0. The van der Waals surface area contributed by atoms with E-state index in [0.717, 1.165) is 0 Å². The molecule has 0 heterocycles. The highest BCUT2D eigenvalue weighted by atomic mass is 19.5. The number of hydrogen-bond acceptors (Lipinski definition) is 0. The maximum atomic E-state index is 9.75. The first-order valence-corrected chi connectivity index (χ1v) is 4.89. The van der Waals surface area contributed by atoms with Gasteiger partial charge in [0.1, 0.15) is 0 Å². The summed E-state index contributed by atoms with van der Waals surface area (Å²) >= 11 is 0. The van der Waals surface area contributed by atoms with Gasteiger partial charge in [-0.15, -0.1) is 0 Å². The Hall–Kier alpha value is -0.255. The molecular weight excluding hydrogens is 197 g/mol. The molecule has 1 nitrogen and oxygen atoms in total. The second-order valence-corrected chi connectivity index (χ2v) is 3.47. The zero-order valence-electron chi connectivity index (χ0n) is 9.36. The van der Waals surface area contributed by atoms with Crippen molar-refractivity contribution in [2.24, 2.45) is 0 Å². The van der Waals surface area contributed by atoms with Crippen molar-refractivity contribution in [3.05, 3.63) is 0 Å². The Morgan fingerprint density at radius 2 is 1.21 bits per heavy atom. The lowest BCUT2D eigenvalue weighted by molar-refractivity contribution is -0.906. The average molecular weight is 217 g/mol. The molecule has 14 heavy (non-hydrogen) atoms. The summed E-state index contributed by atoms with van der Waals surface area (Å²) in [4.78, 5) is 0. The minimum Gasteiger partial charge on any atom is -0.418 e. The highest BCUT2D eigenvalue weighted by Gasteiger charge is 2.20. The first kappa shape index (κ1) is 16.2. The van der Waals surface area contributed by atoms with Crippen LogP contribution in [0.15, 0.2) is 0 Å². The van der Waals surface area contributed by atoms with Crippen molar-refractivity contribution >= 4 is 7.25 Å². The molecule has 0 aromatic carbocycles. The van der Waals surface area contributed by atoms with E-state index < -0.39 is 7.25 Å². The lowest BCUT2D eigenvalue weighted by Crippen LogP contribution is -2.43. The zero-order chi connectivity index (χ0) is 11.8.